The number of alkyl carbamates (subject to hydrolysis) is 1. The summed E-state index contributed by atoms with van der Waals surface area (Å²) in [5, 5.41) is 16.9. The number of amides is 1. The minimum absolute atomic E-state index is 0.0718. The number of hydrogen-bond acceptors (Lipinski definition) is 9. The Bertz CT molecular complexity index is 649. The van der Waals surface area contributed by atoms with E-state index in [1.165, 1.54) is 14.2 Å². The van der Waals surface area contributed by atoms with Crippen molar-refractivity contribution in [1.29, 1.82) is 0 Å². The number of nitrogens with one attached hydrogen (secondary N) is 2. The number of rotatable bonds is 8. The molecule has 0 spiro atoms. The Labute approximate surface area is 158 Å². The van der Waals surface area contributed by atoms with Crippen molar-refractivity contribution >= 4 is 17.7 Å². The zero-order chi connectivity index (χ0) is 20.8. The van der Waals surface area contributed by atoms with Gasteiger partial charge in [-0.1, -0.05) is 20.8 Å². The minimum atomic E-state index is -0.678. The first-order valence-electron chi connectivity index (χ1n) is 8.35. The van der Waals surface area contributed by atoms with Crippen molar-refractivity contribution in [2.75, 3.05) is 26.1 Å². The summed E-state index contributed by atoms with van der Waals surface area (Å²) in [5.74, 6) is -0.384. The third-order valence-electron chi connectivity index (χ3n) is 3.53. The van der Waals surface area contributed by atoms with E-state index in [0.29, 0.717) is 0 Å². The molecule has 0 aliphatic heterocycles. The maximum absolute atomic E-state index is 11.9. The average molecular weight is 385 g/mol. The number of nitro groups is 1. The van der Waals surface area contributed by atoms with Crippen molar-refractivity contribution in [3.63, 3.8) is 0 Å². The molecule has 1 unspecified atom stereocenters. The van der Waals surface area contributed by atoms with Crippen molar-refractivity contribution in [3.8, 4) is 11.8 Å². The Balaban J connectivity index is 3.01. The number of methoxy groups -OCH3 is 2. The van der Waals surface area contributed by atoms with Crippen LogP contribution in [0.3, 0.4) is 0 Å². The minimum Gasteiger partial charge on any atom is -0.476 e. The van der Waals surface area contributed by atoms with Crippen LogP contribution in [-0.2, 0) is 4.74 Å². The molecule has 0 saturated heterocycles. The lowest BCUT2D eigenvalue weighted by molar-refractivity contribution is -0.387. The van der Waals surface area contributed by atoms with Crippen molar-refractivity contribution in [1.82, 2.24) is 15.3 Å². The van der Waals surface area contributed by atoms with Gasteiger partial charge in [0.05, 0.1) is 31.3 Å². The smallest absolute Gasteiger partial charge is 0.407 e. The highest BCUT2D eigenvalue weighted by Gasteiger charge is 2.29. The summed E-state index contributed by atoms with van der Waals surface area (Å²) in [6.07, 6.45) is -0.781. The van der Waals surface area contributed by atoms with Gasteiger partial charge in [-0.3, -0.25) is 10.1 Å². The average Bonchev–Trinajstić information content (AvgIpc) is 2.55. The molecule has 0 radical (unpaired) electrons. The van der Waals surface area contributed by atoms with Gasteiger partial charge >= 0.3 is 23.5 Å². The number of aromatic nitrogens is 2. The zero-order valence-electron chi connectivity index (χ0n) is 16.7. The first-order chi connectivity index (χ1) is 12.5. The summed E-state index contributed by atoms with van der Waals surface area (Å²) in [6.45, 7) is 9.62. The molecule has 0 aliphatic rings. The fourth-order valence-electron chi connectivity index (χ4n) is 2.09. The van der Waals surface area contributed by atoms with Gasteiger partial charge in [-0.25, -0.2) is 4.79 Å². The second-order valence-electron chi connectivity index (χ2n) is 7.07. The molecule has 1 aromatic heterocycles. The zero-order valence-corrected chi connectivity index (χ0v) is 16.7. The number of nitrogens with zero attached hydrogens (tertiary/aromatic N) is 3. The normalized spacial score (nSPS) is 12.3. The van der Waals surface area contributed by atoms with Crippen LogP contribution in [-0.4, -0.2) is 53.9 Å². The van der Waals surface area contributed by atoms with E-state index in [-0.39, 0.29) is 41.8 Å². The van der Waals surface area contributed by atoms with Gasteiger partial charge in [0.1, 0.15) is 0 Å². The molecule has 0 aromatic carbocycles. The van der Waals surface area contributed by atoms with Crippen LogP contribution in [0.4, 0.5) is 16.4 Å². The third-order valence-corrected chi connectivity index (χ3v) is 3.53. The maximum atomic E-state index is 11.9. The number of carbonyl (C=O) groups excluding carboxylic acids is 1. The predicted molar refractivity (Wildman–Crippen MR) is 98.3 cm³/mol. The lowest BCUT2D eigenvalue weighted by Crippen LogP contribution is -2.48. The van der Waals surface area contributed by atoms with Crippen LogP contribution >= 0.6 is 0 Å². The summed E-state index contributed by atoms with van der Waals surface area (Å²) in [5.41, 5.74) is -0.769. The van der Waals surface area contributed by atoms with Gasteiger partial charge in [-0.15, -0.1) is 0 Å². The molecule has 1 aromatic rings. The van der Waals surface area contributed by atoms with E-state index < -0.39 is 16.7 Å². The van der Waals surface area contributed by atoms with Crippen molar-refractivity contribution in [2.45, 2.75) is 46.8 Å². The Morgan fingerprint density at radius 3 is 2.07 bits per heavy atom. The molecule has 0 aliphatic carbocycles. The van der Waals surface area contributed by atoms with Gasteiger partial charge in [0.25, 0.3) is 0 Å². The van der Waals surface area contributed by atoms with E-state index in [9.17, 15) is 14.9 Å². The van der Waals surface area contributed by atoms with E-state index in [2.05, 4.69) is 20.6 Å². The topological polar surface area (TPSA) is 138 Å². The summed E-state index contributed by atoms with van der Waals surface area (Å²) in [4.78, 5) is 30.4. The van der Waals surface area contributed by atoms with Gasteiger partial charge in [-0.2, -0.15) is 9.97 Å². The Morgan fingerprint density at radius 2 is 1.70 bits per heavy atom. The highest BCUT2D eigenvalue weighted by molar-refractivity contribution is 5.68. The second-order valence-corrected chi connectivity index (χ2v) is 7.07. The van der Waals surface area contributed by atoms with Gasteiger partial charge in [0.2, 0.25) is 5.95 Å². The molecule has 1 amide bonds. The van der Waals surface area contributed by atoms with Crippen LogP contribution in [0.15, 0.2) is 0 Å². The van der Waals surface area contributed by atoms with Crippen LogP contribution in [0.25, 0.3) is 0 Å². The molecule has 152 valence electrons. The molecular formula is C16H27N5O6. The van der Waals surface area contributed by atoms with Crippen LogP contribution in [0, 0.1) is 15.5 Å². The Kier molecular flexibility index (Phi) is 7.56. The maximum Gasteiger partial charge on any atom is 0.407 e. The molecule has 0 saturated carbocycles. The second kappa shape index (κ2) is 9.19. The highest BCUT2D eigenvalue weighted by atomic mass is 16.6. The molecule has 11 nitrogen and oxygen atoms in total. The van der Waals surface area contributed by atoms with E-state index in [0.717, 1.165) is 0 Å². The standard InChI is InChI=1S/C16H27N5O6/c1-9(2)27-15(22)18-10(16(3,4)5)8-17-14-19-12(25-6)11(21(23)24)13(20-14)26-7/h9-10H,8H2,1-7H3,(H,18,22)(H,17,19,20). The molecule has 0 bridgehead atoms. The third kappa shape index (κ3) is 6.42. The number of anilines is 1. The Morgan fingerprint density at radius 1 is 1.19 bits per heavy atom. The first kappa shape index (κ1) is 22.2. The molecule has 2 N–H and O–H groups in total. The summed E-state index contributed by atoms with van der Waals surface area (Å²) >= 11 is 0. The monoisotopic (exact) mass is 385 g/mol. The largest absolute Gasteiger partial charge is 0.476 e. The predicted octanol–water partition coefficient (Wildman–Crippen LogP) is 2.36. The van der Waals surface area contributed by atoms with Crippen molar-refractivity contribution in [3.05, 3.63) is 10.1 Å². The number of hydrogen-bond donors (Lipinski definition) is 2. The van der Waals surface area contributed by atoms with E-state index in [1.807, 2.05) is 20.8 Å². The number of ether oxygens (including phenoxy) is 3. The van der Waals surface area contributed by atoms with E-state index in [4.69, 9.17) is 14.2 Å². The quantitative estimate of drug-likeness (QED) is 0.510. The van der Waals surface area contributed by atoms with Crippen LogP contribution in [0.1, 0.15) is 34.6 Å². The van der Waals surface area contributed by atoms with Gasteiger partial charge < -0.3 is 24.8 Å². The molecule has 27 heavy (non-hydrogen) atoms. The fraction of sp³-hybridized carbons (Fsp3) is 0.688. The highest BCUT2D eigenvalue weighted by Crippen LogP contribution is 2.34. The lowest BCUT2D eigenvalue weighted by Gasteiger charge is -2.31. The van der Waals surface area contributed by atoms with Crippen molar-refractivity contribution < 1.29 is 23.9 Å². The molecule has 11 heteroatoms. The van der Waals surface area contributed by atoms with Crippen LogP contribution in [0.2, 0.25) is 0 Å². The lowest BCUT2D eigenvalue weighted by atomic mass is 9.87. The van der Waals surface area contributed by atoms with Gasteiger partial charge in [-0.05, 0) is 19.3 Å². The van der Waals surface area contributed by atoms with Crippen LogP contribution in [0.5, 0.6) is 11.8 Å². The Hall–Kier alpha value is -2.85. The summed E-state index contributed by atoms with van der Waals surface area (Å²) in [7, 11) is 2.53. The number of carbonyl (C=O) groups is 1. The molecule has 0 fully saturated rings. The van der Waals surface area contributed by atoms with Gasteiger partial charge in [0.15, 0.2) is 0 Å². The summed E-state index contributed by atoms with van der Waals surface area (Å²) < 4.78 is 15.1. The van der Waals surface area contributed by atoms with Gasteiger partial charge in [0, 0.05) is 6.54 Å². The molecule has 1 atom stereocenters. The van der Waals surface area contributed by atoms with E-state index >= 15 is 0 Å². The fourth-order valence-corrected chi connectivity index (χ4v) is 2.09. The summed E-state index contributed by atoms with van der Waals surface area (Å²) in [6, 6.07) is -0.334. The molecule has 1 heterocycles. The molecular weight excluding hydrogens is 358 g/mol. The van der Waals surface area contributed by atoms with Crippen molar-refractivity contribution in [2.24, 2.45) is 5.41 Å². The van der Waals surface area contributed by atoms with E-state index in [1.54, 1.807) is 13.8 Å². The van der Waals surface area contributed by atoms with Crippen LogP contribution < -0.4 is 20.1 Å². The first-order valence-corrected chi connectivity index (χ1v) is 8.35. The molecule has 1 rings (SSSR count). The SMILES string of the molecule is COc1nc(NCC(NC(=O)OC(C)C)C(C)(C)C)nc(OC)c1[N+](=O)[O-].